The van der Waals surface area contributed by atoms with Crippen molar-refractivity contribution >= 4 is 16.9 Å². The minimum Gasteiger partial charge on any atom is -0.356 e. The quantitative estimate of drug-likeness (QED) is 0.670. The summed E-state index contributed by atoms with van der Waals surface area (Å²) in [6, 6.07) is 18.6. The van der Waals surface area contributed by atoms with Crippen LogP contribution in [0.3, 0.4) is 0 Å². The number of aryl methyl sites for hydroxylation is 1. The Hall–Kier alpha value is -2.66. The molecule has 5 nitrogen and oxygen atoms in total. The summed E-state index contributed by atoms with van der Waals surface area (Å²) in [5, 5.41) is 3.13. The molecule has 1 saturated heterocycles. The highest BCUT2D eigenvalue weighted by Gasteiger charge is 2.25. The molecule has 152 valence electrons. The van der Waals surface area contributed by atoms with E-state index < -0.39 is 0 Å². The normalized spacial score (nSPS) is 15.6. The van der Waals surface area contributed by atoms with E-state index >= 15 is 0 Å². The number of likely N-dealkylation sites (tertiary alicyclic amines) is 1. The van der Waals surface area contributed by atoms with Crippen molar-refractivity contribution in [2.45, 2.75) is 39.3 Å². The van der Waals surface area contributed by atoms with Gasteiger partial charge in [0.2, 0.25) is 5.91 Å². The van der Waals surface area contributed by atoms with Crippen LogP contribution in [-0.2, 0) is 24.3 Å². The Balaban J connectivity index is 1.27. The van der Waals surface area contributed by atoms with Gasteiger partial charge in [-0.15, -0.1) is 0 Å². The van der Waals surface area contributed by atoms with E-state index in [1.165, 1.54) is 11.1 Å². The fourth-order valence-corrected chi connectivity index (χ4v) is 4.27. The molecular formula is C24H30N4O. The van der Waals surface area contributed by atoms with Crippen LogP contribution in [0.4, 0.5) is 0 Å². The number of benzene rings is 2. The van der Waals surface area contributed by atoms with Gasteiger partial charge >= 0.3 is 0 Å². The van der Waals surface area contributed by atoms with E-state index in [2.05, 4.69) is 52.0 Å². The molecule has 0 bridgehead atoms. The number of aromatic nitrogens is 2. The van der Waals surface area contributed by atoms with Gasteiger partial charge in [0.15, 0.2) is 0 Å². The second-order valence-electron chi connectivity index (χ2n) is 7.84. The largest absolute Gasteiger partial charge is 0.356 e. The summed E-state index contributed by atoms with van der Waals surface area (Å²) in [6.45, 7) is 6.56. The molecule has 1 fully saturated rings. The maximum Gasteiger partial charge on any atom is 0.223 e. The van der Waals surface area contributed by atoms with Gasteiger partial charge in [-0.3, -0.25) is 9.69 Å². The number of carbonyl (C=O) groups is 1. The summed E-state index contributed by atoms with van der Waals surface area (Å²) in [5.41, 5.74) is 3.54. The monoisotopic (exact) mass is 390 g/mol. The molecule has 3 aromatic rings. The maximum absolute atomic E-state index is 12.5. The summed E-state index contributed by atoms with van der Waals surface area (Å²) in [7, 11) is 0. The van der Waals surface area contributed by atoms with Crippen LogP contribution < -0.4 is 5.32 Å². The number of piperidine rings is 1. The molecule has 1 aliphatic rings. The number of imidazole rings is 1. The van der Waals surface area contributed by atoms with Crippen LogP contribution in [0, 0.1) is 5.92 Å². The number of amides is 1. The first-order chi connectivity index (χ1) is 14.2. The third-order valence-corrected chi connectivity index (χ3v) is 5.93. The van der Waals surface area contributed by atoms with Gasteiger partial charge in [-0.1, -0.05) is 42.5 Å². The predicted molar refractivity (Wildman–Crippen MR) is 117 cm³/mol. The number of rotatable bonds is 7. The van der Waals surface area contributed by atoms with Crippen molar-refractivity contribution in [2.24, 2.45) is 5.92 Å². The van der Waals surface area contributed by atoms with E-state index in [-0.39, 0.29) is 11.8 Å². The van der Waals surface area contributed by atoms with E-state index in [0.717, 1.165) is 56.8 Å². The fraction of sp³-hybridized carbons (Fsp3) is 0.417. The Bertz CT molecular complexity index is 942. The molecule has 2 heterocycles. The highest BCUT2D eigenvalue weighted by Crippen LogP contribution is 2.21. The van der Waals surface area contributed by atoms with Crippen LogP contribution in [0.25, 0.3) is 11.0 Å². The van der Waals surface area contributed by atoms with Gasteiger partial charge in [0.1, 0.15) is 5.82 Å². The highest BCUT2D eigenvalue weighted by atomic mass is 16.1. The number of fused-ring (bicyclic) bond motifs is 1. The summed E-state index contributed by atoms with van der Waals surface area (Å²) >= 11 is 0. The molecule has 1 amide bonds. The molecule has 0 unspecified atom stereocenters. The zero-order valence-electron chi connectivity index (χ0n) is 17.2. The van der Waals surface area contributed by atoms with Crippen molar-refractivity contribution in [3.8, 4) is 0 Å². The van der Waals surface area contributed by atoms with Crippen LogP contribution in [0.1, 0.15) is 31.2 Å². The van der Waals surface area contributed by atoms with Gasteiger partial charge in [-0.25, -0.2) is 4.98 Å². The molecule has 0 saturated carbocycles. The highest BCUT2D eigenvalue weighted by molar-refractivity contribution is 5.78. The second-order valence-corrected chi connectivity index (χ2v) is 7.84. The third-order valence-electron chi connectivity index (χ3n) is 5.93. The lowest BCUT2D eigenvalue weighted by Crippen LogP contribution is -2.41. The minimum absolute atomic E-state index is 0.131. The van der Waals surface area contributed by atoms with E-state index in [0.29, 0.717) is 6.54 Å². The molecule has 0 radical (unpaired) electrons. The summed E-state index contributed by atoms with van der Waals surface area (Å²) in [5.74, 6) is 1.47. The van der Waals surface area contributed by atoms with Crippen LogP contribution in [0.5, 0.6) is 0 Å². The lowest BCUT2D eigenvalue weighted by molar-refractivity contribution is -0.126. The molecular weight excluding hydrogens is 360 g/mol. The maximum atomic E-state index is 12.5. The SMILES string of the molecule is CCn1c(CN2CCC(C(=O)NCCc3ccccc3)CC2)nc2ccccc21. The second kappa shape index (κ2) is 9.23. The lowest BCUT2D eigenvalue weighted by Gasteiger charge is -2.31. The first kappa shape index (κ1) is 19.6. The van der Waals surface area contributed by atoms with Gasteiger partial charge < -0.3 is 9.88 Å². The Morgan fingerprint density at radius 3 is 2.55 bits per heavy atom. The molecule has 1 aliphatic heterocycles. The van der Waals surface area contributed by atoms with Crippen LogP contribution in [-0.4, -0.2) is 40.0 Å². The van der Waals surface area contributed by atoms with Crippen molar-refractivity contribution < 1.29 is 4.79 Å². The van der Waals surface area contributed by atoms with Crippen LogP contribution in [0.15, 0.2) is 54.6 Å². The van der Waals surface area contributed by atoms with Crippen molar-refractivity contribution in [2.75, 3.05) is 19.6 Å². The number of carbonyl (C=O) groups excluding carboxylic acids is 1. The van der Waals surface area contributed by atoms with Gasteiger partial charge in [-0.05, 0) is 57.0 Å². The molecule has 4 rings (SSSR count). The minimum atomic E-state index is 0.131. The van der Waals surface area contributed by atoms with E-state index in [1.54, 1.807) is 0 Å². The van der Waals surface area contributed by atoms with Crippen molar-refractivity contribution in [3.63, 3.8) is 0 Å². The zero-order valence-corrected chi connectivity index (χ0v) is 17.2. The zero-order chi connectivity index (χ0) is 20.1. The topological polar surface area (TPSA) is 50.2 Å². The first-order valence-electron chi connectivity index (χ1n) is 10.7. The molecule has 0 atom stereocenters. The van der Waals surface area contributed by atoms with Crippen molar-refractivity contribution in [1.82, 2.24) is 19.8 Å². The summed E-state index contributed by atoms with van der Waals surface area (Å²) < 4.78 is 2.30. The first-order valence-corrected chi connectivity index (χ1v) is 10.7. The molecule has 29 heavy (non-hydrogen) atoms. The Kier molecular flexibility index (Phi) is 6.25. The van der Waals surface area contributed by atoms with Crippen LogP contribution >= 0.6 is 0 Å². The Labute approximate surface area is 172 Å². The average molecular weight is 391 g/mol. The smallest absolute Gasteiger partial charge is 0.223 e. The Morgan fingerprint density at radius 2 is 1.79 bits per heavy atom. The number of hydrogen-bond acceptors (Lipinski definition) is 3. The number of nitrogens with one attached hydrogen (secondary N) is 1. The van der Waals surface area contributed by atoms with E-state index in [1.807, 2.05) is 24.3 Å². The molecule has 1 N–H and O–H groups in total. The molecule has 0 spiro atoms. The van der Waals surface area contributed by atoms with Crippen LogP contribution in [0.2, 0.25) is 0 Å². The van der Waals surface area contributed by atoms with Gasteiger partial charge in [0.05, 0.1) is 17.6 Å². The third kappa shape index (κ3) is 4.67. The van der Waals surface area contributed by atoms with Crippen molar-refractivity contribution in [3.05, 3.63) is 66.0 Å². The molecule has 5 heteroatoms. The fourth-order valence-electron chi connectivity index (χ4n) is 4.27. The molecule has 0 aliphatic carbocycles. The van der Waals surface area contributed by atoms with Gasteiger partial charge in [0, 0.05) is 19.0 Å². The van der Waals surface area contributed by atoms with Gasteiger partial charge in [-0.2, -0.15) is 0 Å². The summed E-state index contributed by atoms with van der Waals surface area (Å²) in [6.07, 6.45) is 2.73. The standard InChI is InChI=1S/C24H30N4O/c1-2-28-22-11-7-6-10-21(22)26-23(28)18-27-16-13-20(14-17-27)24(29)25-15-12-19-8-4-3-5-9-19/h3-11,20H,2,12-18H2,1H3,(H,25,29). The molecule has 2 aromatic carbocycles. The number of hydrogen-bond donors (Lipinski definition) is 1. The van der Waals surface area contributed by atoms with Gasteiger partial charge in [0.25, 0.3) is 0 Å². The average Bonchev–Trinajstić information content (AvgIpc) is 3.12. The van der Waals surface area contributed by atoms with E-state index in [9.17, 15) is 4.79 Å². The predicted octanol–water partition coefficient (Wildman–Crippen LogP) is 3.63. The Morgan fingerprint density at radius 1 is 1.07 bits per heavy atom. The molecule has 1 aromatic heterocycles. The van der Waals surface area contributed by atoms with Crippen molar-refractivity contribution in [1.29, 1.82) is 0 Å². The lowest BCUT2D eigenvalue weighted by atomic mass is 9.96. The summed E-state index contributed by atoms with van der Waals surface area (Å²) in [4.78, 5) is 19.8. The van der Waals surface area contributed by atoms with E-state index in [4.69, 9.17) is 4.98 Å². The number of para-hydroxylation sites is 2. The number of nitrogens with zero attached hydrogens (tertiary/aromatic N) is 3.